The second kappa shape index (κ2) is 13.2. The lowest BCUT2D eigenvalue weighted by Gasteiger charge is -2.13. The van der Waals surface area contributed by atoms with Crippen LogP contribution in [0.1, 0.15) is 37.6 Å². The van der Waals surface area contributed by atoms with E-state index in [2.05, 4.69) is 15.5 Å². The molecule has 0 radical (unpaired) electrons. The highest BCUT2D eigenvalue weighted by Gasteiger charge is 2.08. The molecular weight excluding hydrogens is 454 g/mol. The van der Waals surface area contributed by atoms with Crippen LogP contribution in [-0.2, 0) is 22.6 Å². The van der Waals surface area contributed by atoms with Gasteiger partial charge in [-0.2, -0.15) is 5.10 Å². The summed E-state index contributed by atoms with van der Waals surface area (Å²) in [5.74, 6) is 1.87. The van der Waals surface area contributed by atoms with Crippen molar-refractivity contribution in [2.75, 3.05) is 25.2 Å². The molecule has 8 nitrogen and oxygen atoms in total. The summed E-state index contributed by atoms with van der Waals surface area (Å²) in [6.45, 7) is 7.56. The summed E-state index contributed by atoms with van der Waals surface area (Å²) in [6.07, 6.45) is 1.83. The van der Waals surface area contributed by atoms with Crippen LogP contribution in [0.2, 0.25) is 0 Å². The molecule has 0 saturated heterocycles. The predicted molar refractivity (Wildman–Crippen MR) is 133 cm³/mol. The van der Waals surface area contributed by atoms with E-state index in [4.69, 9.17) is 18.9 Å². The fourth-order valence-corrected chi connectivity index (χ4v) is 3.66. The van der Waals surface area contributed by atoms with Crippen LogP contribution >= 0.6 is 11.3 Å². The molecule has 0 amide bonds. The molecule has 180 valence electrons. The molecule has 3 aromatic rings. The third kappa shape index (κ3) is 7.77. The first kappa shape index (κ1) is 25.0. The van der Waals surface area contributed by atoms with Crippen molar-refractivity contribution in [3.05, 3.63) is 64.7 Å². The van der Waals surface area contributed by atoms with Crippen molar-refractivity contribution < 1.29 is 23.7 Å². The summed E-state index contributed by atoms with van der Waals surface area (Å²) in [5, 5.41) is 6.64. The number of thiazole rings is 1. The van der Waals surface area contributed by atoms with Crippen molar-refractivity contribution in [1.82, 2.24) is 4.98 Å². The van der Waals surface area contributed by atoms with E-state index in [0.717, 1.165) is 22.6 Å². The van der Waals surface area contributed by atoms with E-state index in [1.807, 2.05) is 56.3 Å². The Morgan fingerprint density at radius 3 is 2.65 bits per heavy atom. The molecule has 0 aliphatic heterocycles. The van der Waals surface area contributed by atoms with Crippen molar-refractivity contribution in [1.29, 1.82) is 0 Å². The normalized spacial score (nSPS) is 10.8. The lowest BCUT2D eigenvalue weighted by molar-refractivity contribution is -0.142. The minimum absolute atomic E-state index is 0.148. The van der Waals surface area contributed by atoms with E-state index in [0.29, 0.717) is 43.0 Å². The van der Waals surface area contributed by atoms with Crippen LogP contribution in [0, 0.1) is 0 Å². The van der Waals surface area contributed by atoms with Crippen LogP contribution in [0.3, 0.4) is 0 Å². The molecule has 0 fully saturated rings. The van der Waals surface area contributed by atoms with Crippen LogP contribution < -0.4 is 19.6 Å². The van der Waals surface area contributed by atoms with Crippen LogP contribution in [-0.4, -0.2) is 37.0 Å². The molecule has 0 spiro atoms. The van der Waals surface area contributed by atoms with Gasteiger partial charge in [0.05, 0.1) is 38.1 Å². The van der Waals surface area contributed by atoms with Gasteiger partial charge in [-0.25, -0.2) is 4.98 Å². The van der Waals surface area contributed by atoms with Gasteiger partial charge in [0.1, 0.15) is 12.4 Å². The predicted octanol–water partition coefficient (Wildman–Crippen LogP) is 5.07. The zero-order chi connectivity index (χ0) is 24.2. The smallest absolute Gasteiger partial charge is 0.311 e. The third-order valence-electron chi connectivity index (χ3n) is 4.43. The summed E-state index contributed by atoms with van der Waals surface area (Å²) < 4.78 is 22.2. The number of hydrazone groups is 1. The van der Waals surface area contributed by atoms with Gasteiger partial charge in [-0.05, 0) is 56.2 Å². The first-order valence-corrected chi connectivity index (χ1v) is 12.0. The van der Waals surface area contributed by atoms with Gasteiger partial charge in [0.15, 0.2) is 11.5 Å². The Kier molecular flexibility index (Phi) is 9.72. The van der Waals surface area contributed by atoms with Gasteiger partial charge in [0.25, 0.3) is 0 Å². The van der Waals surface area contributed by atoms with Crippen LogP contribution in [0.4, 0.5) is 5.13 Å². The fourth-order valence-electron chi connectivity index (χ4n) is 3.00. The lowest BCUT2D eigenvalue weighted by Crippen LogP contribution is -2.07. The van der Waals surface area contributed by atoms with E-state index in [1.165, 1.54) is 11.3 Å². The van der Waals surface area contributed by atoms with Gasteiger partial charge in [-0.1, -0.05) is 18.2 Å². The van der Waals surface area contributed by atoms with E-state index >= 15 is 0 Å². The van der Waals surface area contributed by atoms with E-state index in [-0.39, 0.29) is 12.4 Å². The topological polar surface area (TPSA) is 91.3 Å². The van der Waals surface area contributed by atoms with Gasteiger partial charge in [-0.15, -0.1) is 11.3 Å². The molecule has 0 saturated carbocycles. The van der Waals surface area contributed by atoms with E-state index in [1.54, 1.807) is 18.5 Å². The third-order valence-corrected chi connectivity index (χ3v) is 5.22. The summed E-state index contributed by atoms with van der Waals surface area (Å²) in [5.41, 5.74) is 5.39. The number of nitrogens with zero attached hydrogens (tertiary/aromatic N) is 2. The number of esters is 1. The van der Waals surface area contributed by atoms with E-state index in [9.17, 15) is 4.79 Å². The number of benzene rings is 2. The molecule has 34 heavy (non-hydrogen) atoms. The van der Waals surface area contributed by atoms with Crippen molar-refractivity contribution in [3.8, 4) is 17.2 Å². The molecular formula is C25H29N3O5S. The lowest BCUT2D eigenvalue weighted by atomic mass is 10.2. The highest BCUT2D eigenvalue weighted by molar-refractivity contribution is 7.13. The van der Waals surface area contributed by atoms with Gasteiger partial charge >= 0.3 is 5.97 Å². The fraction of sp³-hybridized carbons (Fsp3) is 0.320. The maximum Gasteiger partial charge on any atom is 0.311 e. The quantitative estimate of drug-likeness (QED) is 0.206. The minimum atomic E-state index is -0.293. The molecule has 9 heteroatoms. The SMILES string of the molecule is CCOC(=O)Cc1csc(NN=Cc2cccc(OCc3ccc(OCC)c(OCC)c3)c2)n1. The summed E-state index contributed by atoms with van der Waals surface area (Å²) in [6, 6.07) is 13.4. The Bertz CT molecular complexity index is 1100. The summed E-state index contributed by atoms with van der Waals surface area (Å²) >= 11 is 1.37. The molecule has 1 N–H and O–H groups in total. The monoisotopic (exact) mass is 483 g/mol. The highest BCUT2D eigenvalue weighted by atomic mass is 32.1. The second-order valence-electron chi connectivity index (χ2n) is 7.00. The summed E-state index contributed by atoms with van der Waals surface area (Å²) in [4.78, 5) is 15.9. The Morgan fingerprint density at radius 1 is 1.03 bits per heavy atom. The zero-order valence-electron chi connectivity index (χ0n) is 19.6. The first-order valence-electron chi connectivity index (χ1n) is 11.1. The van der Waals surface area contributed by atoms with Crippen molar-refractivity contribution in [3.63, 3.8) is 0 Å². The molecule has 0 atom stereocenters. The molecule has 1 aromatic heterocycles. The van der Waals surface area contributed by atoms with Crippen LogP contribution in [0.5, 0.6) is 17.2 Å². The Labute approximate surface area is 203 Å². The maximum absolute atomic E-state index is 11.6. The standard InChI is InChI=1S/C25H29N3O5S/c1-4-30-22-11-10-19(13-23(22)31-5-2)16-33-21-9-7-8-18(12-21)15-26-28-25-27-20(17-34-25)14-24(29)32-6-3/h7-13,15,17H,4-6,14,16H2,1-3H3,(H,27,28). The number of carbonyl (C=O) groups is 1. The zero-order valence-corrected chi connectivity index (χ0v) is 20.4. The number of hydrogen-bond donors (Lipinski definition) is 1. The van der Waals surface area contributed by atoms with Crippen molar-refractivity contribution in [2.45, 2.75) is 33.8 Å². The van der Waals surface area contributed by atoms with Crippen molar-refractivity contribution in [2.24, 2.45) is 5.10 Å². The largest absolute Gasteiger partial charge is 0.490 e. The molecule has 1 heterocycles. The van der Waals surface area contributed by atoms with Gasteiger partial charge in [-0.3, -0.25) is 10.2 Å². The summed E-state index contributed by atoms with van der Waals surface area (Å²) in [7, 11) is 0. The maximum atomic E-state index is 11.6. The number of aromatic nitrogens is 1. The molecule has 3 rings (SSSR count). The van der Waals surface area contributed by atoms with Gasteiger partial charge in [0.2, 0.25) is 5.13 Å². The van der Waals surface area contributed by atoms with Crippen molar-refractivity contribution >= 4 is 28.7 Å². The average molecular weight is 484 g/mol. The first-order chi connectivity index (χ1) is 16.6. The van der Waals surface area contributed by atoms with Crippen LogP contribution in [0.15, 0.2) is 52.9 Å². The number of ether oxygens (including phenoxy) is 4. The van der Waals surface area contributed by atoms with E-state index < -0.39 is 0 Å². The van der Waals surface area contributed by atoms with Gasteiger partial charge in [0, 0.05) is 5.38 Å². The minimum Gasteiger partial charge on any atom is -0.490 e. The molecule has 0 unspecified atom stereocenters. The Morgan fingerprint density at radius 2 is 1.85 bits per heavy atom. The number of anilines is 1. The molecule has 0 aliphatic carbocycles. The second-order valence-corrected chi connectivity index (χ2v) is 7.86. The highest BCUT2D eigenvalue weighted by Crippen LogP contribution is 2.29. The molecule has 0 aliphatic rings. The Hall–Kier alpha value is -3.59. The van der Waals surface area contributed by atoms with Gasteiger partial charge < -0.3 is 18.9 Å². The molecule has 0 bridgehead atoms. The van der Waals surface area contributed by atoms with Crippen LogP contribution in [0.25, 0.3) is 0 Å². The number of carbonyl (C=O) groups excluding carboxylic acids is 1. The number of nitrogens with one attached hydrogen (secondary N) is 1. The average Bonchev–Trinajstić information content (AvgIpc) is 3.27. The molecule has 2 aromatic carbocycles. The number of hydrogen-bond acceptors (Lipinski definition) is 9. The number of rotatable bonds is 13. The Balaban J connectivity index is 1.55.